The van der Waals surface area contributed by atoms with Gasteiger partial charge in [-0.15, -0.1) is 0 Å². The van der Waals surface area contributed by atoms with Crippen LogP contribution in [-0.4, -0.2) is 33.7 Å². The first-order chi connectivity index (χ1) is 15.1. The predicted molar refractivity (Wildman–Crippen MR) is 114 cm³/mol. The second-order valence-corrected chi connectivity index (χ2v) is 7.95. The summed E-state index contributed by atoms with van der Waals surface area (Å²) in [4.78, 5) is 39.4. The van der Waals surface area contributed by atoms with Gasteiger partial charge in [-0.3, -0.25) is 14.5 Å². The van der Waals surface area contributed by atoms with Crippen molar-refractivity contribution >= 4 is 17.7 Å². The van der Waals surface area contributed by atoms with Gasteiger partial charge >= 0.3 is 6.03 Å². The van der Waals surface area contributed by atoms with Gasteiger partial charge < -0.3 is 9.88 Å². The molecule has 1 aliphatic rings. The molecule has 3 amide bonds. The Labute approximate surface area is 183 Å². The summed E-state index contributed by atoms with van der Waals surface area (Å²) in [6, 6.07) is 13.0. The van der Waals surface area contributed by atoms with Crippen LogP contribution in [0.1, 0.15) is 34.2 Å². The first kappa shape index (κ1) is 21.4. The monoisotopic (exact) mass is 437 g/mol. The number of nitrogens with one attached hydrogen (secondary N) is 1. The van der Waals surface area contributed by atoms with E-state index in [9.17, 15) is 23.2 Å². The van der Waals surface area contributed by atoms with E-state index in [4.69, 9.17) is 0 Å². The zero-order chi connectivity index (χ0) is 23.2. The summed E-state index contributed by atoms with van der Waals surface area (Å²) in [5.74, 6) is -2.83. The summed E-state index contributed by atoms with van der Waals surface area (Å²) < 4.78 is 29.9. The van der Waals surface area contributed by atoms with Crippen molar-refractivity contribution in [2.75, 3.05) is 6.54 Å². The van der Waals surface area contributed by atoms with Crippen LogP contribution < -0.4 is 5.32 Å². The molecule has 1 saturated heterocycles. The molecule has 4 rings (SSSR count). The molecular formula is C24H21F2N3O3. The van der Waals surface area contributed by atoms with Crippen molar-refractivity contribution < 1.29 is 23.2 Å². The molecule has 1 N–H and O–H groups in total. The number of benzene rings is 2. The van der Waals surface area contributed by atoms with Crippen LogP contribution in [-0.2, 0) is 10.3 Å². The molecule has 1 fully saturated rings. The summed E-state index contributed by atoms with van der Waals surface area (Å²) in [6.45, 7) is 4.41. The van der Waals surface area contributed by atoms with Crippen molar-refractivity contribution in [1.29, 1.82) is 0 Å². The summed E-state index contributed by atoms with van der Waals surface area (Å²) >= 11 is 0. The lowest BCUT2D eigenvalue weighted by Gasteiger charge is -2.22. The zero-order valence-electron chi connectivity index (χ0n) is 17.8. The number of hydrogen-bond donors (Lipinski definition) is 1. The molecular weight excluding hydrogens is 416 g/mol. The van der Waals surface area contributed by atoms with E-state index in [1.54, 1.807) is 13.0 Å². The quantitative estimate of drug-likeness (QED) is 0.484. The van der Waals surface area contributed by atoms with Crippen molar-refractivity contribution in [1.82, 2.24) is 14.8 Å². The minimum Gasteiger partial charge on any atom is -0.319 e. The number of aromatic nitrogens is 1. The van der Waals surface area contributed by atoms with Gasteiger partial charge in [0.1, 0.15) is 17.2 Å². The Morgan fingerprint density at radius 3 is 2.41 bits per heavy atom. The lowest BCUT2D eigenvalue weighted by Crippen LogP contribution is -2.42. The van der Waals surface area contributed by atoms with Crippen molar-refractivity contribution in [3.05, 3.63) is 88.7 Å². The van der Waals surface area contributed by atoms with E-state index >= 15 is 0 Å². The number of carbonyl (C=O) groups excluding carboxylic acids is 3. The topological polar surface area (TPSA) is 71.4 Å². The standard InChI is InChI=1S/C24H21F2N3O3/c1-14-11-18(15(2)29(14)17-7-5-4-6-8-17)21(30)13-28-22(31)24(3,27-23(28)32)19-12-16(25)9-10-20(19)26/h4-12H,13H2,1-3H3,(H,27,32). The molecule has 2 aromatic carbocycles. The minimum absolute atomic E-state index is 0.298. The fraction of sp³-hybridized carbons (Fsp3) is 0.208. The summed E-state index contributed by atoms with van der Waals surface area (Å²) in [6.07, 6.45) is 0. The first-order valence-electron chi connectivity index (χ1n) is 10.0. The van der Waals surface area contributed by atoms with E-state index < -0.39 is 41.4 Å². The normalized spacial score (nSPS) is 18.2. The van der Waals surface area contributed by atoms with Crippen LogP contribution in [0.25, 0.3) is 5.69 Å². The van der Waals surface area contributed by atoms with Crippen LogP contribution in [0.15, 0.2) is 54.6 Å². The Bertz CT molecular complexity index is 1250. The second-order valence-electron chi connectivity index (χ2n) is 7.95. The largest absolute Gasteiger partial charge is 0.325 e. The first-order valence-corrected chi connectivity index (χ1v) is 10.0. The molecule has 3 aromatic rings. The number of amides is 3. The van der Waals surface area contributed by atoms with Crippen molar-refractivity contribution in [3.8, 4) is 5.69 Å². The number of imide groups is 1. The van der Waals surface area contributed by atoms with Gasteiger partial charge in [-0.2, -0.15) is 0 Å². The highest BCUT2D eigenvalue weighted by atomic mass is 19.1. The molecule has 2 heterocycles. The summed E-state index contributed by atoms with van der Waals surface area (Å²) in [5, 5.41) is 2.40. The Hall–Kier alpha value is -3.81. The van der Waals surface area contributed by atoms with E-state index in [0.717, 1.165) is 34.5 Å². The molecule has 0 bridgehead atoms. The Balaban J connectivity index is 1.63. The van der Waals surface area contributed by atoms with Gasteiger partial charge in [0.2, 0.25) is 0 Å². The highest BCUT2D eigenvalue weighted by Gasteiger charge is 2.51. The van der Waals surface area contributed by atoms with Crippen LogP contribution in [0.2, 0.25) is 0 Å². The maximum atomic E-state index is 14.3. The number of para-hydroxylation sites is 1. The lowest BCUT2D eigenvalue weighted by atomic mass is 9.91. The molecule has 6 nitrogen and oxygen atoms in total. The fourth-order valence-corrected chi connectivity index (χ4v) is 4.15. The zero-order valence-corrected chi connectivity index (χ0v) is 17.8. The molecule has 1 aromatic heterocycles. The minimum atomic E-state index is -1.82. The van der Waals surface area contributed by atoms with Crippen molar-refractivity contribution in [3.63, 3.8) is 0 Å². The van der Waals surface area contributed by atoms with Gasteiger partial charge in [0, 0.05) is 28.2 Å². The van der Waals surface area contributed by atoms with Gasteiger partial charge in [-0.25, -0.2) is 13.6 Å². The Morgan fingerprint density at radius 1 is 1.03 bits per heavy atom. The number of urea groups is 1. The van der Waals surface area contributed by atoms with E-state index in [-0.39, 0.29) is 5.56 Å². The molecule has 0 radical (unpaired) electrons. The van der Waals surface area contributed by atoms with Gasteiger partial charge in [0.25, 0.3) is 5.91 Å². The molecule has 1 atom stereocenters. The molecule has 1 aliphatic heterocycles. The molecule has 0 saturated carbocycles. The van der Waals surface area contributed by atoms with Crippen LogP contribution in [0.3, 0.4) is 0 Å². The number of ketones is 1. The molecule has 1 unspecified atom stereocenters. The van der Waals surface area contributed by atoms with Crippen LogP contribution in [0.4, 0.5) is 13.6 Å². The SMILES string of the molecule is Cc1cc(C(=O)CN2C(=O)NC(C)(c3cc(F)ccc3F)C2=O)c(C)n1-c1ccccc1. The summed E-state index contributed by atoms with van der Waals surface area (Å²) in [5.41, 5.74) is 0.631. The number of rotatable bonds is 5. The third-order valence-electron chi connectivity index (χ3n) is 5.79. The third kappa shape index (κ3) is 3.37. The maximum Gasteiger partial charge on any atom is 0.325 e. The summed E-state index contributed by atoms with van der Waals surface area (Å²) in [7, 11) is 0. The third-order valence-corrected chi connectivity index (χ3v) is 5.79. The number of hydrogen-bond acceptors (Lipinski definition) is 3. The number of Topliss-reactive ketones (excluding diaryl/α,β-unsaturated/α-hetero) is 1. The van der Waals surface area contributed by atoms with Gasteiger partial charge in [0.15, 0.2) is 5.78 Å². The highest BCUT2D eigenvalue weighted by Crippen LogP contribution is 2.31. The number of nitrogens with zero attached hydrogens (tertiary/aromatic N) is 2. The van der Waals surface area contributed by atoms with Crippen molar-refractivity contribution in [2.24, 2.45) is 0 Å². The van der Waals surface area contributed by atoms with E-state index in [2.05, 4.69) is 5.32 Å². The van der Waals surface area contributed by atoms with Gasteiger partial charge in [-0.05, 0) is 57.2 Å². The number of aryl methyl sites for hydroxylation is 1. The average Bonchev–Trinajstić information content (AvgIpc) is 3.18. The average molecular weight is 437 g/mol. The van der Waals surface area contributed by atoms with Crippen LogP contribution in [0.5, 0.6) is 0 Å². The molecule has 32 heavy (non-hydrogen) atoms. The second kappa shape index (κ2) is 7.71. The highest BCUT2D eigenvalue weighted by molar-refractivity contribution is 6.11. The molecule has 0 aliphatic carbocycles. The number of halogens is 2. The fourth-order valence-electron chi connectivity index (χ4n) is 4.15. The molecule has 0 spiro atoms. The Kier molecular flexibility index (Phi) is 5.16. The van der Waals surface area contributed by atoms with E-state index in [0.29, 0.717) is 11.3 Å². The lowest BCUT2D eigenvalue weighted by molar-refractivity contribution is -0.130. The van der Waals surface area contributed by atoms with Gasteiger partial charge in [-0.1, -0.05) is 18.2 Å². The molecule has 164 valence electrons. The Morgan fingerprint density at radius 2 is 1.72 bits per heavy atom. The van der Waals surface area contributed by atoms with E-state index in [1.165, 1.54) is 6.92 Å². The van der Waals surface area contributed by atoms with Crippen LogP contribution >= 0.6 is 0 Å². The van der Waals surface area contributed by atoms with Crippen molar-refractivity contribution in [2.45, 2.75) is 26.3 Å². The van der Waals surface area contributed by atoms with Gasteiger partial charge in [0.05, 0.1) is 6.54 Å². The smallest absolute Gasteiger partial charge is 0.319 e. The maximum absolute atomic E-state index is 14.3. The van der Waals surface area contributed by atoms with E-state index in [1.807, 2.05) is 41.8 Å². The van der Waals surface area contributed by atoms with Crippen LogP contribution in [0, 0.1) is 25.5 Å². The predicted octanol–water partition coefficient (Wildman–Crippen LogP) is 4.02. The molecule has 8 heteroatoms. The number of carbonyl (C=O) groups is 3.